The van der Waals surface area contributed by atoms with E-state index in [0.29, 0.717) is 5.78 Å². The molecule has 0 spiro atoms. The number of hydrogen-bond donors (Lipinski definition) is 0. The molecule has 1 aliphatic rings. The van der Waals surface area contributed by atoms with Gasteiger partial charge in [0.05, 0.1) is 0 Å². The highest BCUT2D eigenvalue weighted by atomic mass is 32.1. The van der Waals surface area contributed by atoms with Crippen molar-refractivity contribution in [2.24, 2.45) is 0 Å². The van der Waals surface area contributed by atoms with Crippen LogP contribution in [0, 0.1) is 0 Å². The summed E-state index contributed by atoms with van der Waals surface area (Å²) in [5.74, 6) is 0.345. The van der Waals surface area contributed by atoms with Gasteiger partial charge in [-0.3, -0.25) is 4.79 Å². The van der Waals surface area contributed by atoms with Crippen LogP contribution in [0.5, 0.6) is 0 Å². The van der Waals surface area contributed by atoms with Crippen molar-refractivity contribution < 1.29 is 4.79 Å². The van der Waals surface area contributed by atoms with E-state index in [4.69, 9.17) is 0 Å². The van der Waals surface area contributed by atoms with E-state index in [1.54, 1.807) is 11.3 Å². The van der Waals surface area contributed by atoms with E-state index in [1.807, 2.05) is 11.5 Å². The largest absolute Gasteiger partial charge is 0.295 e. The summed E-state index contributed by atoms with van der Waals surface area (Å²) >= 11 is 1.67. The van der Waals surface area contributed by atoms with Gasteiger partial charge in [0.2, 0.25) is 0 Å². The highest BCUT2D eigenvalue weighted by Crippen LogP contribution is 2.22. The minimum absolute atomic E-state index is 0.345. The van der Waals surface area contributed by atoms with Gasteiger partial charge in [0.15, 0.2) is 5.78 Å². The van der Waals surface area contributed by atoms with Gasteiger partial charge in [-0.25, -0.2) is 0 Å². The van der Waals surface area contributed by atoms with Crippen molar-refractivity contribution in [1.29, 1.82) is 0 Å². The molecule has 0 aliphatic heterocycles. The summed E-state index contributed by atoms with van der Waals surface area (Å²) in [7, 11) is 0. The number of carbonyl (C=O) groups excluding carboxylic acids is 1. The first-order valence-electron chi connectivity index (χ1n) is 4.62. The molecule has 13 heavy (non-hydrogen) atoms. The number of thiophene rings is 1. The molecule has 1 aromatic rings. The summed E-state index contributed by atoms with van der Waals surface area (Å²) in [6.45, 7) is 0. The molecule has 2 rings (SSSR count). The maximum Gasteiger partial charge on any atom is 0.158 e. The normalized spacial score (nSPS) is 20.9. The highest BCUT2D eigenvalue weighted by Gasteiger charge is 2.14. The molecule has 0 radical (unpaired) electrons. The maximum absolute atomic E-state index is 11.5. The number of ketones is 1. The molecule has 1 aromatic heterocycles. The lowest BCUT2D eigenvalue weighted by Crippen LogP contribution is -2.07. The molecular weight excluding hydrogens is 180 g/mol. The first kappa shape index (κ1) is 8.70. The number of hydrogen-bond acceptors (Lipinski definition) is 2. The lowest BCUT2D eigenvalue weighted by Gasteiger charge is -2.11. The molecule has 0 atom stereocenters. The zero-order chi connectivity index (χ0) is 9.10. The summed E-state index contributed by atoms with van der Waals surface area (Å²) in [5, 5.41) is 4.12. The van der Waals surface area contributed by atoms with Crippen molar-refractivity contribution in [1.82, 2.24) is 0 Å². The zero-order valence-electron chi connectivity index (χ0n) is 7.45. The summed E-state index contributed by atoms with van der Waals surface area (Å²) in [5.41, 5.74) is 2.19. The van der Waals surface area contributed by atoms with E-state index >= 15 is 0 Å². The first-order valence-corrected chi connectivity index (χ1v) is 5.56. The third-order valence-electron chi connectivity index (χ3n) is 2.34. The topological polar surface area (TPSA) is 17.1 Å². The summed E-state index contributed by atoms with van der Waals surface area (Å²) in [4.78, 5) is 11.5. The van der Waals surface area contributed by atoms with Crippen LogP contribution in [0.15, 0.2) is 22.4 Å². The molecule has 0 N–H and O–H groups in total. The van der Waals surface area contributed by atoms with Gasteiger partial charge >= 0.3 is 0 Å². The Morgan fingerprint density at radius 3 is 2.85 bits per heavy atom. The molecule has 0 amide bonds. The fourth-order valence-corrected chi connectivity index (χ4v) is 2.23. The molecule has 1 saturated carbocycles. The van der Waals surface area contributed by atoms with Crippen molar-refractivity contribution in [3.05, 3.63) is 28.0 Å². The first-order chi connectivity index (χ1) is 6.36. The van der Waals surface area contributed by atoms with E-state index in [-0.39, 0.29) is 0 Å². The Morgan fingerprint density at radius 1 is 1.31 bits per heavy atom. The fraction of sp³-hybridized carbons (Fsp3) is 0.364. The monoisotopic (exact) mass is 192 g/mol. The molecule has 1 aliphatic carbocycles. The fourth-order valence-electron chi connectivity index (χ4n) is 1.61. The van der Waals surface area contributed by atoms with Crippen molar-refractivity contribution >= 4 is 23.2 Å². The quantitative estimate of drug-likeness (QED) is 0.624. The van der Waals surface area contributed by atoms with Crippen LogP contribution in [0.1, 0.15) is 31.2 Å². The van der Waals surface area contributed by atoms with Crippen molar-refractivity contribution in [3.8, 4) is 0 Å². The van der Waals surface area contributed by atoms with Crippen LogP contribution >= 0.6 is 11.3 Å². The minimum atomic E-state index is 0.345. The molecular formula is C11H12OS. The van der Waals surface area contributed by atoms with Crippen LogP contribution in [0.4, 0.5) is 0 Å². The maximum atomic E-state index is 11.5. The number of Topliss-reactive ketones (excluding diaryl/α,β-unsaturated/α-hetero) is 1. The third-order valence-corrected chi connectivity index (χ3v) is 3.04. The van der Waals surface area contributed by atoms with Gasteiger partial charge in [0.25, 0.3) is 0 Å². The molecule has 0 unspecified atom stereocenters. The minimum Gasteiger partial charge on any atom is -0.295 e. The Labute approximate surface area is 82.1 Å². The SMILES string of the molecule is O=C1CCCC/C1=C\c1ccsc1. The summed E-state index contributed by atoms with van der Waals surface area (Å²) in [6, 6.07) is 2.06. The average molecular weight is 192 g/mol. The van der Waals surface area contributed by atoms with E-state index in [0.717, 1.165) is 24.8 Å². The molecule has 68 valence electrons. The lowest BCUT2D eigenvalue weighted by atomic mass is 9.92. The Morgan fingerprint density at radius 2 is 2.15 bits per heavy atom. The van der Waals surface area contributed by atoms with Crippen LogP contribution < -0.4 is 0 Å². The standard InChI is InChI=1S/C11H12OS/c12-11-4-2-1-3-10(11)7-9-5-6-13-8-9/h5-8H,1-4H2/b10-7+. The third kappa shape index (κ3) is 2.07. The molecule has 0 aromatic carbocycles. The molecule has 1 heterocycles. The molecule has 1 fully saturated rings. The summed E-state index contributed by atoms with van der Waals surface area (Å²) < 4.78 is 0. The van der Waals surface area contributed by atoms with Gasteiger partial charge in [0.1, 0.15) is 0 Å². The zero-order valence-corrected chi connectivity index (χ0v) is 8.27. The molecule has 0 bridgehead atoms. The van der Waals surface area contributed by atoms with E-state index in [1.165, 1.54) is 12.0 Å². The van der Waals surface area contributed by atoms with Crippen LogP contribution in [0.2, 0.25) is 0 Å². The van der Waals surface area contributed by atoms with Gasteiger partial charge in [-0.2, -0.15) is 11.3 Å². The predicted octanol–water partition coefficient (Wildman–Crippen LogP) is 3.27. The number of carbonyl (C=O) groups is 1. The van der Waals surface area contributed by atoms with E-state index in [9.17, 15) is 4.79 Å². The van der Waals surface area contributed by atoms with Gasteiger partial charge in [-0.1, -0.05) is 0 Å². The van der Waals surface area contributed by atoms with Crippen molar-refractivity contribution in [2.45, 2.75) is 25.7 Å². The average Bonchev–Trinajstić information content (AvgIpc) is 2.61. The molecule has 0 saturated heterocycles. The molecule has 1 nitrogen and oxygen atoms in total. The van der Waals surface area contributed by atoms with Crippen molar-refractivity contribution in [2.75, 3.05) is 0 Å². The Balaban J connectivity index is 2.19. The van der Waals surface area contributed by atoms with Crippen LogP contribution in [-0.2, 0) is 4.79 Å². The smallest absolute Gasteiger partial charge is 0.158 e. The Bertz CT molecular complexity index is 322. The van der Waals surface area contributed by atoms with Crippen LogP contribution in [-0.4, -0.2) is 5.78 Å². The Kier molecular flexibility index (Phi) is 2.60. The van der Waals surface area contributed by atoms with Gasteiger partial charge < -0.3 is 0 Å². The number of rotatable bonds is 1. The Hall–Kier alpha value is -0.890. The van der Waals surface area contributed by atoms with Gasteiger partial charge in [-0.15, -0.1) is 0 Å². The van der Waals surface area contributed by atoms with Crippen molar-refractivity contribution in [3.63, 3.8) is 0 Å². The predicted molar refractivity (Wildman–Crippen MR) is 55.8 cm³/mol. The second-order valence-electron chi connectivity index (χ2n) is 3.36. The summed E-state index contributed by atoms with van der Waals surface area (Å²) in [6.07, 6.45) is 5.99. The van der Waals surface area contributed by atoms with Gasteiger partial charge in [0, 0.05) is 6.42 Å². The van der Waals surface area contributed by atoms with E-state index < -0.39 is 0 Å². The number of allylic oxidation sites excluding steroid dienone is 1. The van der Waals surface area contributed by atoms with Gasteiger partial charge in [-0.05, 0) is 53.3 Å². The van der Waals surface area contributed by atoms with Crippen LogP contribution in [0.3, 0.4) is 0 Å². The van der Waals surface area contributed by atoms with E-state index in [2.05, 4.69) is 11.4 Å². The highest BCUT2D eigenvalue weighted by molar-refractivity contribution is 7.08. The molecule has 2 heteroatoms. The lowest BCUT2D eigenvalue weighted by molar-refractivity contribution is -0.116. The second-order valence-corrected chi connectivity index (χ2v) is 4.14. The second kappa shape index (κ2) is 3.88. The van der Waals surface area contributed by atoms with Crippen LogP contribution in [0.25, 0.3) is 6.08 Å².